The average molecular weight is 375 g/mol. The lowest BCUT2D eigenvalue weighted by molar-refractivity contribution is -0.116. The molecule has 1 heterocycles. The summed E-state index contributed by atoms with van der Waals surface area (Å²) in [6, 6.07) is 13.4. The average Bonchev–Trinajstić information content (AvgIpc) is 2.67. The second-order valence-electron chi connectivity index (χ2n) is 6.16. The van der Waals surface area contributed by atoms with Crippen molar-refractivity contribution >= 4 is 28.9 Å². The number of nitrogens with one attached hydrogen (secondary N) is 1. The van der Waals surface area contributed by atoms with Crippen LogP contribution in [0.25, 0.3) is 0 Å². The summed E-state index contributed by atoms with van der Waals surface area (Å²) in [6.07, 6.45) is 1.02. The van der Waals surface area contributed by atoms with E-state index in [2.05, 4.69) is 10.2 Å². The van der Waals surface area contributed by atoms with Crippen molar-refractivity contribution in [3.8, 4) is 5.75 Å². The van der Waals surface area contributed by atoms with Crippen LogP contribution in [0.3, 0.4) is 0 Å². The number of carbonyl (C=O) groups excluding carboxylic acids is 1. The largest absolute Gasteiger partial charge is 0.495 e. The molecule has 0 aliphatic carbocycles. The standard InChI is InChI=1S/C20H23ClN2O3/c1-25-19-7-6-17(23-9-11-26-12-10-23)14-18(19)22-20(24)8-5-15-3-2-4-16(21)13-15/h2-4,6-7,13-14H,5,8-12H2,1H3,(H,22,24). The number of rotatable bonds is 6. The third-order valence-electron chi connectivity index (χ3n) is 4.36. The zero-order chi connectivity index (χ0) is 18.4. The molecule has 3 rings (SSSR count). The van der Waals surface area contributed by atoms with Crippen molar-refractivity contribution in [1.82, 2.24) is 0 Å². The number of halogens is 1. The molecule has 0 aromatic heterocycles. The summed E-state index contributed by atoms with van der Waals surface area (Å²) in [7, 11) is 1.60. The van der Waals surface area contributed by atoms with Crippen molar-refractivity contribution in [2.45, 2.75) is 12.8 Å². The molecule has 1 amide bonds. The first-order chi connectivity index (χ1) is 12.7. The summed E-state index contributed by atoms with van der Waals surface area (Å²) in [6.45, 7) is 3.11. The zero-order valence-corrected chi connectivity index (χ0v) is 15.6. The fraction of sp³-hybridized carbons (Fsp3) is 0.350. The van der Waals surface area contributed by atoms with Crippen LogP contribution in [0.5, 0.6) is 5.75 Å². The molecule has 138 valence electrons. The van der Waals surface area contributed by atoms with Crippen LogP contribution in [0.4, 0.5) is 11.4 Å². The van der Waals surface area contributed by atoms with Crippen molar-refractivity contribution in [3.63, 3.8) is 0 Å². The van der Waals surface area contributed by atoms with Gasteiger partial charge >= 0.3 is 0 Å². The molecule has 0 atom stereocenters. The Balaban J connectivity index is 1.65. The lowest BCUT2D eigenvalue weighted by Gasteiger charge is -2.29. The number of hydrogen-bond donors (Lipinski definition) is 1. The molecule has 0 saturated carbocycles. The van der Waals surface area contributed by atoms with Gasteiger partial charge in [0, 0.05) is 30.2 Å². The number of morpholine rings is 1. The molecule has 0 radical (unpaired) electrons. The lowest BCUT2D eigenvalue weighted by atomic mass is 10.1. The van der Waals surface area contributed by atoms with E-state index in [1.165, 1.54) is 0 Å². The molecule has 2 aromatic rings. The Hall–Kier alpha value is -2.24. The first kappa shape index (κ1) is 18.5. The number of hydrogen-bond acceptors (Lipinski definition) is 4. The zero-order valence-electron chi connectivity index (χ0n) is 14.8. The van der Waals surface area contributed by atoms with Gasteiger partial charge in [-0.2, -0.15) is 0 Å². The molecule has 6 heteroatoms. The van der Waals surface area contributed by atoms with Crippen LogP contribution in [-0.4, -0.2) is 39.3 Å². The normalized spacial score (nSPS) is 14.2. The Labute approximate surface area is 158 Å². The number of methoxy groups -OCH3 is 1. The van der Waals surface area contributed by atoms with Crippen LogP contribution in [0.2, 0.25) is 5.02 Å². The maximum Gasteiger partial charge on any atom is 0.224 e. The fourth-order valence-corrected chi connectivity index (χ4v) is 3.19. The van der Waals surface area contributed by atoms with Gasteiger partial charge in [0.1, 0.15) is 5.75 Å². The van der Waals surface area contributed by atoms with Crippen molar-refractivity contribution in [2.75, 3.05) is 43.6 Å². The summed E-state index contributed by atoms with van der Waals surface area (Å²) in [4.78, 5) is 14.6. The molecule has 0 unspecified atom stereocenters. The molecule has 1 aliphatic rings. The Morgan fingerprint density at radius 3 is 2.77 bits per heavy atom. The molecular weight excluding hydrogens is 352 g/mol. The van der Waals surface area contributed by atoms with Crippen molar-refractivity contribution in [2.24, 2.45) is 0 Å². The SMILES string of the molecule is COc1ccc(N2CCOCC2)cc1NC(=O)CCc1cccc(Cl)c1. The highest BCUT2D eigenvalue weighted by molar-refractivity contribution is 6.30. The van der Waals surface area contributed by atoms with E-state index in [9.17, 15) is 4.79 Å². The molecule has 1 aliphatic heterocycles. The van der Waals surface area contributed by atoms with Crippen molar-refractivity contribution in [1.29, 1.82) is 0 Å². The quantitative estimate of drug-likeness (QED) is 0.836. The maximum absolute atomic E-state index is 12.4. The van der Waals surface area contributed by atoms with Crippen LogP contribution < -0.4 is 15.0 Å². The second kappa shape index (κ2) is 8.92. The van der Waals surface area contributed by atoms with Crippen molar-refractivity contribution in [3.05, 3.63) is 53.1 Å². The number of benzene rings is 2. The molecule has 26 heavy (non-hydrogen) atoms. The number of aryl methyl sites for hydroxylation is 1. The highest BCUT2D eigenvalue weighted by Gasteiger charge is 2.15. The van der Waals surface area contributed by atoms with E-state index in [1.54, 1.807) is 7.11 Å². The van der Waals surface area contributed by atoms with E-state index < -0.39 is 0 Å². The van der Waals surface area contributed by atoms with Gasteiger partial charge < -0.3 is 19.7 Å². The molecule has 2 aromatic carbocycles. The molecule has 1 N–H and O–H groups in total. The minimum atomic E-state index is -0.0533. The maximum atomic E-state index is 12.4. The van der Waals surface area contributed by atoms with Gasteiger partial charge in [0.25, 0.3) is 0 Å². The third-order valence-corrected chi connectivity index (χ3v) is 4.60. The fourth-order valence-electron chi connectivity index (χ4n) is 2.97. The molecule has 5 nitrogen and oxygen atoms in total. The second-order valence-corrected chi connectivity index (χ2v) is 6.60. The highest BCUT2D eigenvalue weighted by atomic mass is 35.5. The number of ether oxygens (including phenoxy) is 2. The van der Waals surface area contributed by atoms with E-state index >= 15 is 0 Å². The summed E-state index contributed by atoms with van der Waals surface area (Å²) in [5.74, 6) is 0.598. The van der Waals surface area contributed by atoms with Crippen LogP contribution in [0, 0.1) is 0 Å². The third kappa shape index (κ3) is 4.90. The predicted molar refractivity (Wildman–Crippen MR) is 104 cm³/mol. The van der Waals surface area contributed by atoms with Gasteiger partial charge in [-0.25, -0.2) is 0 Å². The lowest BCUT2D eigenvalue weighted by Crippen LogP contribution is -2.36. The van der Waals surface area contributed by atoms with Crippen LogP contribution >= 0.6 is 11.6 Å². The topological polar surface area (TPSA) is 50.8 Å². The number of nitrogens with zero attached hydrogens (tertiary/aromatic N) is 1. The van der Waals surface area contributed by atoms with Gasteiger partial charge in [0.2, 0.25) is 5.91 Å². The summed E-state index contributed by atoms with van der Waals surface area (Å²) in [5, 5.41) is 3.65. The van der Waals surface area contributed by atoms with E-state index in [1.807, 2.05) is 42.5 Å². The van der Waals surface area contributed by atoms with E-state index in [-0.39, 0.29) is 5.91 Å². The monoisotopic (exact) mass is 374 g/mol. The van der Waals surface area contributed by atoms with Gasteiger partial charge in [-0.1, -0.05) is 23.7 Å². The summed E-state index contributed by atoms with van der Waals surface area (Å²) in [5.41, 5.74) is 2.79. The summed E-state index contributed by atoms with van der Waals surface area (Å²) < 4.78 is 10.8. The molecule has 0 bridgehead atoms. The van der Waals surface area contributed by atoms with Gasteiger partial charge in [0.05, 0.1) is 26.0 Å². The number of carbonyl (C=O) groups is 1. The van der Waals surface area contributed by atoms with Gasteiger partial charge in [-0.3, -0.25) is 4.79 Å². The van der Waals surface area contributed by atoms with Crippen molar-refractivity contribution < 1.29 is 14.3 Å². The van der Waals surface area contributed by atoms with E-state index in [0.717, 1.165) is 24.3 Å². The highest BCUT2D eigenvalue weighted by Crippen LogP contribution is 2.30. The molecule has 1 fully saturated rings. The van der Waals surface area contributed by atoms with E-state index in [0.29, 0.717) is 42.5 Å². The predicted octanol–water partition coefficient (Wildman–Crippen LogP) is 3.76. The van der Waals surface area contributed by atoms with Crippen LogP contribution in [0.1, 0.15) is 12.0 Å². The Morgan fingerprint density at radius 2 is 2.04 bits per heavy atom. The number of anilines is 2. The number of amides is 1. The smallest absolute Gasteiger partial charge is 0.224 e. The Kier molecular flexibility index (Phi) is 6.36. The Bertz CT molecular complexity index is 760. The minimum Gasteiger partial charge on any atom is -0.495 e. The minimum absolute atomic E-state index is 0.0533. The summed E-state index contributed by atoms with van der Waals surface area (Å²) >= 11 is 5.99. The van der Waals surface area contributed by atoms with Crippen LogP contribution in [-0.2, 0) is 16.0 Å². The van der Waals surface area contributed by atoms with E-state index in [4.69, 9.17) is 21.1 Å². The first-order valence-electron chi connectivity index (χ1n) is 8.71. The first-order valence-corrected chi connectivity index (χ1v) is 9.08. The molecular formula is C20H23ClN2O3. The van der Waals surface area contributed by atoms with Gasteiger partial charge in [-0.15, -0.1) is 0 Å². The molecule has 0 spiro atoms. The molecule has 1 saturated heterocycles. The van der Waals surface area contributed by atoms with Gasteiger partial charge in [0.15, 0.2) is 0 Å². The van der Waals surface area contributed by atoms with Crippen LogP contribution in [0.15, 0.2) is 42.5 Å². The van der Waals surface area contributed by atoms with Gasteiger partial charge in [-0.05, 0) is 42.3 Å². The Morgan fingerprint density at radius 1 is 1.23 bits per heavy atom.